The maximum absolute atomic E-state index is 11.9. The molecule has 2 N–H and O–H groups in total. The van der Waals surface area contributed by atoms with E-state index in [1.54, 1.807) is 6.92 Å². The zero-order valence-corrected chi connectivity index (χ0v) is 11.9. The maximum Gasteiger partial charge on any atom is 0.227 e. The molecule has 0 aromatic carbocycles. The summed E-state index contributed by atoms with van der Waals surface area (Å²) in [6.45, 7) is 3.84. The third-order valence-electron chi connectivity index (χ3n) is 3.14. The number of sulfonamides is 1. The van der Waals surface area contributed by atoms with E-state index in [0.29, 0.717) is 24.7 Å². The van der Waals surface area contributed by atoms with Crippen molar-refractivity contribution in [2.24, 2.45) is 5.92 Å². The molecule has 1 aliphatic heterocycles. The molecule has 2 heterocycles. The fourth-order valence-electron chi connectivity index (χ4n) is 2.17. The molecule has 0 amide bonds. The standard InChI is InChI=1S/C11H20N4O3S/c1-9-14-11(18-15-9)4-7-13-19(16,17)8-10-2-5-12-6-3-10/h10,12-13H,2-8H2,1H3. The van der Waals surface area contributed by atoms with Crippen molar-refractivity contribution in [2.75, 3.05) is 25.4 Å². The molecule has 1 saturated heterocycles. The van der Waals surface area contributed by atoms with Crippen molar-refractivity contribution < 1.29 is 12.9 Å². The highest BCUT2D eigenvalue weighted by molar-refractivity contribution is 7.89. The number of hydrogen-bond acceptors (Lipinski definition) is 6. The number of rotatable bonds is 6. The van der Waals surface area contributed by atoms with Gasteiger partial charge in [0.25, 0.3) is 0 Å². The number of nitrogens with one attached hydrogen (secondary N) is 2. The minimum atomic E-state index is -3.21. The van der Waals surface area contributed by atoms with Crippen LogP contribution in [-0.2, 0) is 16.4 Å². The summed E-state index contributed by atoms with van der Waals surface area (Å²) in [7, 11) is -3.21. The number of aromatic nitrogens is 2. The predicted molar refractivity (Wildman–Crippen MR) is 70.1 cm³/mol. The molecule has 1 aromatic rings. The topological polar surface area (TPSA) is 97.1 Å². The van der Waals surface area contributed by atoms with Crippen molar-refractivity contribution in [1.29, 1.82) is 0 Å². The Morgan fingerprint density at radius 1 is 1.42 bits per heavy atom. The van der Waals surface area contributed by atoms with Gasteiger partial charge >= 0.3 is 0 Å². The minimum Gasteiger partial charge on any atom is -0.339 e. The fourth-order valence-corrected chi connectivity index (χ4v) is 3.66. The van der Waals surface area contributed by atoms with Gasteiger partial charge < -0.3 is 9.84 Å². The second-order valence-corrected chi connectivity index (χ2v) is 6.71. The van der Waals surface area contributed by atoms with E-state index in [4.69, 9.17) is 4.52 Å². The lowest BCUT2D eigenvalue weighted by atomic mass is 10.0. The molecule has 0 unspecified atom stereocenters. The van der Waals surface area contributed by atoms with Crippen LogP contribution in [0.5, 0.6) is 0 Å². The molecule has 1 aromatic heterocycles. The molecular weight excluding hydrogens is 268 g/mol. The van der Waals surface area contributed by atoms with Crippen LogP contribution in [0.2, 0.25) is 0 Å². The van der Waals surface area contributed by atoms with Crippen LogP contribution in [0.15, 0.2) is 4.52 Å². The van der Waals surface area contributed by atoms with Gasteiger partial charge in [-0.1, -0.05) is 5.16 Å². The van der Waals surface area contributed by atoms with Crippen LogP contribution in [0, 0.1) is 12.8 Å². The molecule has 0 aliphatic carbocycles. The van der Waals surface area contributed by atoms with E-state index in [9.17, 15) is 8.42 Å². The molecule has 0 atom stereocenters. The van der Waals surface area contributed by atoms with Gasteiger partial charge in [0.2, 0.25) is 15.9 Å². The molecule has 7 nitrogen and oxygen atoms in total. The van der Waals surface area contributed by atoms with Gasteiger partial charge in [-0.15, -0.1) is 0 Å². The molecule has 1 fully saturated rings. The Balaban J connectivity index is 1.74. The molecule has 0 radical (unpaired) electrons. The number of hydrogen-bond donors (Lipinski definition) is 2. The number of aryl methyl sites for hydroxylation is 1. The summed E-state index contributed by atoms with van der Waals surface area (Å²) in [4.78, 5) is 4.03. The van der Waals surface area contributed by atoms with Crippen LogP contribution in [0.25, 0.3) is 0 Å². The van der Waals surface area contributed by atoms with Crippen molar-refractivity contribution in [3.05, 3.63) is 11.7 Å². The first-order valence-corrected chi connectivity index (χ1v) is 8.17. The molecule has 0 saturated carbocycles. The Labute approximate surface area is 113 Å². The normalized spacial score (nSPS) is 17.7. The van der Waals surface area contributed by atoms with E-state index >= 15 is 0 Å². The van der Waals surface area contributed by atoms with Gasteiger partial charge in [0, 0.05) is 13.0 Å². The van der Waals surface area contributed by atoms with Crippen molar-refractivity contribution in [2.45, 2.75) is 26.2 Å². The zero-order chi connectivity index (χ0) is 13.7. The van der Waals surface area contributed by atoms with Gasteiger partial charge in [-0.2, -0.15) is 4.98 Å². The van der Waals surface area contributed by atoms with Crippen molar-refractivity contribution in [3.63, 3.8) is 0 Å². The lowest BCUT2D eigenvalue weighted by molar-refractivity contribution is 0.374. The van der Waals surface area contributed by atoms with Crippen molar-refractivity contribution in [3.8, 4) is 0 Å². The summed E-state index contributed by atoms with van der Waals surface area (Å²) in [6, 6.07) is 0. The number of piperidine rings is 1. The van der Waals surface area contributed by atoms with Crippen molar-refractivity contribution in [1.82, 2.24) is 20.2 Å². The van der Waals surface area contributed by atoms with Gasteiger partial charge in [-0.05, 0) is 38.8 Å². The maximum atomic E-state index is 11.9. The van der Waals surface area contributed by atoms with Crippen LogP contribution in [0.1, 0.15) is 24.6 Å². The Morgan fingerprint density at radius 3 is 2.79 bits per heavy atom. The molecular formula is C11H20N4O3S. The molecule has 108 valence electrons. The highest BCUT2D eigenvalue weighted by atomic mass is 32.2. The van der Waals surface area contributed by atoms with E-state index in [0.717, 1.165) is 25.9 Å². The van der Waals surface area contributed by atoms with Gasteiger partial charge in [-0.25, -0.2) is 13.1 Å². The average Bonchev–Trinajstić information content (AvgIpc) is 2.75. The van der Waals surface area contributed by atoms with Gasteiger partial charge in [0.1, 0.15) is 0 Å². The Morgan fingerprint density at radius 2 is 2.16 bits per heavy atom. The van der Waals surface area contributed by atoms with Gasteiger partial charge in [0.15, 0.2) is 5.82 Å². The van der Waals surface area contributed by atoms with Gasteiger partial charge in [-0.3, -0.25) is 0 Å². The Hall–Kier alpha value is -0.990. The highest BCUT2D eigenvalue weighted by Gasteiger charge is 2.20. The summed E-state index contributed by atoms with van der Waals surface area (Å²) in [5.41, 5.74) is 0. The summed E-state index contributed by atoms with van der Waals surface area (Å²) < 4.78 is 31.3. The minimum absolute atomic E-state index is 0.206. The number of nitrogens with zero attached hydrogens (tertiary/aromatic N) is 2. The first-order valence-electron chi connectivity index (χ1n) is 6.52. The largest absolute Gasteiger partial charge is 0.339 e. The second kappa shape index (κ2) is 6.44. The van der Waals surface area contributed by atoms with Crippen LogP contribution in [0.4, 0.5) is 0 Å². The van der Waals surface area contributed by atoms with Crippen molar-refractivity contribution >= 4 is 10.0 Å². The van der Waals surface area contributed by atoms with Gasteiger partial charge in [0.05, 0.1) is 5.75 Å². The van der Waals surface area contributed by atoms with Crippen LogP contribution in [-0.4, -0.2) is 43.9 Å². The predicted octanol–water partition coefficient (Wildman–Crippen LogP) is -0.160. The molecule has 0 bridgehead atoms. The molecule has 2 rings (SSSR count). The summed E-state index contributed by atoms with van der Waals surface area (Å²) in [5, 5.41) is 6.88. The first-order chi connectivity index (χ1) is 9.05. The smallest absolute Gasteiger partial charge is 0.227 e. The van der Waals surface area contributed by atoms with E-state index in [1.807, 2.05) is 0 Å². The van der Waals surface area contributed by atoms with E-state index in [2.05, 4.69) is 20.2 Å². The monoisotopic (exact) mass is 288 g/mol. The van der Waals surface area contributed by atoms with Crippen LogP contribution in [0.3, 0.4) is 0 Å². The zero-order valence-electron chi connectivity index (χ0n) is 11.1. The molecule has 8 heteroatoms. The third-order valence-corrected chi connectivity index (χ3v) is 4.70. The van der Waals surface area contributed by atoms with Crippen LogP contribution < -0.4 is 10.0 Å². The molecule has 19 heavy (non-hydrogen) atoms. The Kier molecular flexibility index (Phi) is 4.89. The summed E-state index contributed by atoms with van der Waals surface area (Å²) >= 11 is 0. The van der Waals surface area contributed by atoms with E-state index in [-0.39, 0.29) is 11.7 Å². The first kappa shape index (κ1) is 14.4. The summed E-state index contributed by atoms with van der Waals surface area (Å²) in [5.74, 6) is 1.48. The lowest BCUT2D eigenvalue weighted by Crippen LogP contribution is -2.36. The van der Waals surface area contributed by atoms with E-state index in [1.165, 1.54) is 0 Å². The molecule has 0 spiro atoms. The quantitative estimate of drug-likeness (QED) is 0.755. The Bertz CT molecular complexity index is 494. The van der Waals surface area contributed by atoms with Crippen LogP contribution >= 0.6 is 0 Å². The molecule has 1 aliphatic rings. The second-order valence-electron chi connectivity index (χ2n) is 4.85. The lowest BCUT2D eigenvalue weighted by Gasteiger charge is -2.22. The highest BCUT2D eigenvalue weighted by Crippen LogP contribution is 2.13. The summed E-state index contributed by atoms with van der Waals surface area (Å²) in [6.07, 6.45) is 2.26. The SMILES string of the molecule is Cc1noc(CCNS(=O)(=O)CC2CCNCC2)n1. The van der Waals surface area contributed by atoms with E-state index < -0.39 is 10.0 Å². The average molecular weight is 288 g/mol. The third kappa shape index (κ3) is 4.88. The fraction of sp³-hybridized carbons (Fsp3) is 0.818.